The molecule has 0 saturated heterocycles. The van der Waals surface area contributed by atoms with E-state index in [4.69, 9.17) is 0 Å². The lowest BCUT2D eigenvalue weighted by molar-refractivity contribution is 0.123. The van der Waals surface area contributed by atoms with Crippen molar-refractivity contribution in [2.75, 3.05) is 6.54 Å². The van der Waals surface area contributed by atoms with Crippen LogP contribution in [0.1, 0.15) is 56.9 Å². The van der Waals surface area contributed by atoms with Crippen LogP contribution in [0.5, 0.6) is 0 Å². The van der Waals surface area contributed by atoms with Crippen LogP contribution in [0.25, 0.3) is 0 Å². The van der Waals surface area contributed by atoms with Gasteiger partial charge < -0.3 is 0 Å². The van der Waals surface area contributed by atoms with Crippen molar-refractivity contribution < 1.29 is 0 Å². The van der Waals surface area contributed by atoms with Gasteiger partial charge in [-0.2, -0.15) is 0 Å². The first-order valence-electron chi connectivity index (χ1n) is 6.55. The van der Waals surface area contributed by atoms with Crippen LogP contribution in [0.15, 0.2) is 6.07 Å². The summed E-state index contributed by atoms with van der Waals surface area (Å²) >= 11 is 2.02. The Balaban J connectivity index is 2.25. The lowest BCUT2D eigenvalue weighted by atomic mass is 9.93. The Morgan fingerprint density at radius 1 is 1.12 bits per heavy atom. The fourth-order valence-corrected chi connectivity index (χ4v) is 3.55. The zero-order valence-electron chi connectivity index (χ0n) is 12.1. The Hall–Kier alpha value is -0.340. The van der Waals surface area contributed by atoms with E-state index in [0.717, 1.165) is 6.54 Å². The van der Waals surface area contributed by atoms with Gasteiger partial charge in [-0.25, -0.2) is 0 Å². The maximum absolute atomic E-state index is 2.60. The van der Waals surface area contributed by atoms with E-state index in [1.165, 1.54) is 13.0 Å². The monoisotopic (exact) mass is 251 g/mol. The van der Waals surface area contributed by atoms with Crippen molar-refractivity contribution in [3.05, 3.63) is 21.4 Å². The van der Waals surface area contributed by atoms with Crippen LogP contribution < -0.4 is 0 Å². The van der Waals surface area contributed by atoms with E-state index in [0.29, 0.717) is 11.0 Å². The van der Waals surface area contributed by atoms with Gasteiger partial charge in [0.25, 0.3) is 0 Å². The molecule has 0 atom stereocenters. The molecule has 0 unspecified atom stereocenters. The molecule has 0 amide bonds. The number of hydrogen-bond donors (Lipinski definition) is 0. The van der Waals surface area contributed by atoms with Crippen LogP contribution in [0, 0.1) is 0 Å². The minimum Gasteiger partial charge on any atom is -0.293 e. The van der Waals surface area contributed by atoms with Crippen molar-refractivity contribution in [3.63, 3.8) is 0 Å². The number of rotatable bonds is 0. The number of thiophene rings is 1. The lowest BCUT2D eigenvalue weighted by Crippen LogP contribution is -2.43. The first-order valence-corrected chi connectivity index (χ1v) is 7.37. The Labute approximate surface area is 110 Å². The molecule has 1 aliphatic rings. The predicted octanol–water partition coefficient (Wildman–Crippen LogP) is 4.20. The molecule has 1 aromatic heterocycles. The van der Waals surface area contributed by atoms with Crippen LogP contribution in [0.4, 0.5) is 0 Å². The highest BCUT2D eigenvalue weighted by molar-refractivity contribution is 7.12. The SMILES string of the molecule is CC(C)(C)c1cc2c(s1)CN(C(C)(C)C)CC2. The third-order valence-corrected chi connectivity index (χ3v) is 5.16. The average molecular weight is 251 g/mol. The fourth-order valence-electron chi connectivity index (χ4n) is 2.26. The van der Waals surface area contributed by atoms with Gasteiger partial charge in [-0.3, -0.25) is 4.90 Å². The largest absolute Gasteiger partial charge is 0.293 e. The van der Waals surface area contributed by atoms with E-state index in [1.807, 2.05) is 11.3 Å². The Morgan fingerprint density at radius 3 is 2.29 bits per heavy atom. The third kappa shape index (κ3) is 2.74. The van der Waals surface area contributed by atoms with Crippen LogP contribution >= 0.6 is 11.3 Å². The van der Waals surface area contributed by atoms with Gasteiger partial charge in [0.1, 0.15) is 0 Å². The standard InChI is InChI=1S/C15H25NS/c1-14(2,3)13-9-11-7-8-16(15(4,5)6)10-12(11)17-13/h9H,7-8,10H2,1-6H3. The zero-order chi connectivity index (χ0) is 12.8. The van der Waals surface area contributed by atoms with E-state index in [1.54, 1.807) is 15.3 Å². The van der Waals surface area contributed by atoms with Gasteiger partial charge in [0, 0.05) is 28.4 Å². The molecule has 2 rings (SSSR count). The summed E-state index contributed by atoms with van der Waals surface area (Å²) in [5, 5.41) is 0. The zero-order valence-corrected chi connectivity index (χ0v) is 12.9. The van der Waals surface area contributed by atoms with Crippen molar-refractivity contribution >= 4 is 11.3 Å². The van der Waals surface area contributed by atoms with E-state index in [-0.39, 0.29) is 0 Å². The Morgan fingerprint density at radius 2 is 1.76 bits per heavy atom. The number of hydrogen-bond acceptors (Lipinski definition) is 2. The number of nitrogens with zero attached hydrogens (tertiary/aromatic N) is 1. The van der Waals surface area contributed by atoms with Crippen LogP contribution in [0.3, 0.4) is 0 Å². The van der Waals surface area contributed by atoms with Gasteiger partial charge in [0.2, 0.25) is 0 Å². The van der Waals surface area contributed by atoms with E-state index in [9.17, 15) is 0 Å². The van der Waals surface area contributed by atoms with Crippen LogP contribution in [0.2, 0.25) is 0 Å². The lowest BCUT2D eigenvalue weighted by Gasteiger charge is -2.38. The Bertz CT molecular complexity index is 404. The Kier molecular flexibility index (Phi) is 3.16. The molecule has 0 saturated carbocycles. The summed E-state index contributed by atoms with van der Waals surface area (Å²) in [6.07, 6.45) is 1.22. The van der Waals surface area contributed by atoms with Gasteiger partial charge in [0.15, 0.2) is 0 Å². The summed E-state index contributed by atoms with van der Waals surface area (Å²) < 4.78 is 0. The normalized spacial score (nSPS) is 18.2. The summed E-state index contributed by atoms with van der Waals surface area (Å²) in [4.78, 5) is 5.73. The minimum absolute atomic E-state index is 0.295. The molecule has 1 aliphatic heterocycles. The van der Waals surface area contributed by atoms with Crippen LogP contribution in [-0.2, 0) is 18.4 Å². The molecule has 2 heteroatoms. The molecule has 1 nitrogen and oxygen atoms in total. The van der Waals surface area contributed by atoms with Gasteiger partial charge in [-0.1, -0.05) is 20.8 Å². The highest BCUT2D eigenvalue weighted by Gasteiger charge is 2.28. The molecule has 17 heavy (non-hydrogen) atoms. The fraction of sp³-hybridized carbons (Fsp3) is 0.733. The van der Waals surface area contributed by atoms with E-state index in [2.05, 4.69) is 52.5 Å². The van der Waals surface area contributed by atoms with Crippen molar-refractivity contribution in [2.24, 2.45) is 0 Å². The molecule has 0 aromatic carbocycles. The van der Waals surface area contributed by atoms with Gasteiger partial charge in [-0.15, -0.1) is 11.3 Å². The van der Waals surface area contributed by atoms with Crippen molar-refractivity contribution in [1.29, 1.82) is 0 Å². The molecule has 0 N–H and O–H groups in total. The molecule has 0 aliphatic carbocycles. The summed E-state index contributed by atoms with van der Waals surface area (Å²) in [6, 6.07) is 2.44. The molecule has 1 aromatic rings. The average Bonchev–Trinajstić information content (AvgIpc) is 2.57. The second kappa shape index (κ2) is 4.10. The maximum atomic E-state index is 2.60. The summed E-state index contributed by atoms with van der Waals surface area (Å²) in [7, 11) is 0. The first-order chi connectivity index (χ1) is 7.68. The quantitative estimate of drug-likeness (QED) is 0.668. The maximum Gasteiger partial charge on any atom is 0.0336 e. The summed E-state index contributed by atoms with van der Waals surface area (Å²) in [5.74, 6) is 0. The van der Waals surface area contributed by atoms with E-state index < -0.39 is 0 Å². The first kappa shape index (κ1) is 13.1. The van der Waals surface area contributed by atoms with Crippen molar-refractivity contribution in [2.45, 2.75) is 65.5 Å². The molecular weight excluding hydrogens is 226 g/mol. The van der Waals surface area contributed by atoms with Crippen molar-refractivity contribution in [3.8, 4) is 0 Å². The van der Waals surface area contributed by atoms with Crippen LogP contribution in [-0.4, -0.2) is 17.0 Å². The second-order valence-electron chi connectivity index (χ2n) is 7.15. The third-order valence-electron chi connectivity index (χ3n) is 3.57. The predicted molar refractivity (Wildman–Crippen MR) is 76.9 cm³/mol. The molecule has 0 spiro atoms. The molecule has 0 fully saturated rings. The summed E-state index contributed by atoms with van der Waals surface area (Å²) in [6.45, 7) is 16.2. The minimum atomic E-state index is 0.295. The topological polar surface area (TPSA) is 3.24 Å². The molecule has 96 valence electrons. The van der Waals surface area contributed by atoms with Crippen molar-refractivity contribution in [1.82, 2.24) is 4.90 Å². The molecule has 2 heterocycles. The van der Waals surface area contributed by atoms with Gasteiger partial charge in [-0.05, 0) is 44.2 Å². The smallest absolute Gasteiger partial charge is 0.0336 e. The van der Waals surface area contributed by atoms with E-state index >= 15 is 0 Å². The van der Waals surface area contributed by atoms with Gasteiger partial charge >= 0.3 is 0 Å². The highest BCUT2D eigenvalue weighted by atomic mass is 32.1. The molecular formula is C15H25NS. The molecule has 0 radical (unpaired) electrons. The molecule has 0 bridgehead atoms. The van der Waals surface area contributed by atoms with Gasteiger partial charge in [0.05, 0.1) is 0 Å². The second-order valence-corrected chi connectivity index (χ2v) is 8.29. The number of fused-ring (bicyclic) bond motifs is 1. The highest BCUT2D eigenvalue weighted by Crippen LogP contribution is 2.36. The summed E-state index contributed by atoms with van der Waals surface area (Å²) in [5.41, 5.74) is 2.19.